The zero-order chi connectivity index (χ0) is 17.7. The van der Waals surface area contributed by atoms with E-state index in [1.165, 1.54) is 11.1 Å². The van der Waals surface area contributed by atoms with Crippen molar-refractivity contribution in [2.75, 3.05) is 52.4 Å². The van der Waals surface area contributed by atoms with Gasteiger partial charge < -0.3 is 10.6 Å². The number of benzene rings is 1. The number of nitrogens with one attached hydrogen (secondary N) is 2. The zero-order valence-corrected chi connectivity index (χ0v) is 16.1. The van der Waals surface area contributed by atoms with Crippen LogP contribution in [0.25, 0.3) is 0 Å². The van der Waals surface area contributed by atoms with Crippen LogP contribution in [0.2, 0.25) is 0 Å². The first kappa shape index (κ1) is 18.6. The predicted octanol–water partition coefficient (Wildman–Crippen LogP) is 2.26. The molecule has 0 spiro atoms. The van der Waals surface area contributed by atoms with Crippen LogP contribution in [0, 0.1) is 0 Å². The maximum atomic E-state index is 3.58. The van der Waals surface area contributed by atoms with Gasteiger partial charge in [-0.3, -0.25) is 9.80 Å². The lowest BCUT2D eigenvalue weighted by atomic mass is 9.89. The van der Waals surface area contributed by atoms with Crippen LogP contribution in [0.1, 0.15) is 32.4 Å². The molecule has 1 unspecified atom stereocenters. The Morgan fingerprint density at radius 2 is 1.76 bits per heavy atom. The smallest absolute Gasteiger partial charge is 0.0476 e. The number of hydrogen-bond donors (Lipinski definition) is 2. The van der Waals surface area contributed by atoms with Crippen molar-refractivity contribution in [3.05, 3.63) is 47.5 Å². The number of hydrogen-bond acceptors (Lipinski definition) is 4. The second-order valence-corrected chi connectivity index (χ2v) is 7.71. The molecule has 25 heavy (non-hydrogen) atoms. The summed E-state index contributed by atoms with van der Waals surface area (Å²) in [5.41, 5.74) is 3.07. The van der Waals surface area contributed by atoms with Gasteiger partial charge in [-0.05, 0) is 31.9 Å². The van der Waals surface area contributed by atoms with Crippen molar-refractivity contribution >= 4 is 0 Å². The summed E-state index contributed by atoms with van der Waals surface area (Å²) in [6, 6.07) is 11.4. The van der Waals surface area contributed by atoms with Gasteiger partial charge in [0.2, 0.25) is 0 Å². The Balaban J connectivity index is 1.75. The zero-order valence-electron chi connectivity index (χ0n) is 16.1. The summed E-state index contributed by atoms with van der Waals surface area (Å²) in [5.74, 6) is 0. The Labute approximate surface area is 153 Å². The topological polar surface area (TPSA) is 30.5 Å². The van der Waals surface area contributed by atoms with Gasteiger partial charge in [-0.15, -0.1) is 0 Å². The number of nitrogens with zero attached hydrogens (tertiary/aromatic N) is 2. The van der Waals surface area contributed by atoms with Crippen LogP contribution in [0.5, 0.6) is 0 Å². The maximum absolute atomic E-state index is 3.58. The van der Waals surface area contributed by atoms with Crippen molar-refractivity contribution in [3.63, 3.8) is 0 Å². The molecule has 2 N–H and O–H groups in total. The van der Waals surface area contributed by atoms with Crippen molar-refractivity contribution in [2.45, 2.75) is 32.4 Å². The summed E-state index contributed by atoms with van der Waals surface area (Å²) in [7, 11) is 0. The quantitative estimate of drug-likeness (QED) is 0.804. The molecule has 2 heterocycles. The molecular weight excluding hydrogens is 308 g/mol. The van der Waals surface area contributed by atoms with Gasteiger partial charge >= 0.3 is 0 Å². The summed E-state index contributed by atoms with van der Waals surface area (Å²) < 4.78 is 0. The third-order valence-electron chi connectivity index (χ3n) is 5.95. The van der Waals surface area contributed by atoms with Gasteiger partial charge in [-0.25, -0.2) is 0 Å². The Hall–Kier alpha value is -1.20. The molecule has 2 aliphatic heterocycles. The van der Waals surface area contributed by atoms with Crippen LogP contribution in [-0.4, -0.2) is 67.7 Å². The van der Waals surface area contributed by atoms with Crippen molar-refractivity contribution in [1.82, 2.24) is 20.4 Å². The molecule has 3 rings (SSSR count). The lowest BCUT2D eigenvalue weighted by molar-refractivity contribution is 0.111. The summed E-state index contributed by atoms with van der Waals surface area (Å²) in [5, 5.41) is 7.05. The number of piperazine rings is 2. The Kier molecular flexibility index (Phi) is 6.29. The molecule has 2 saturated heterocycles. The van der Waals surface area contributed by atoms with Gasteiger partial charge in [-0.1, -0.05) is 36.4 Å². The van der Waals surface area contributed by atoms with Gasteiger partial charge in [0.25, 0.3) is 0 Å². The molecule has 4 heteroatoms. The Bertz CT molecular complexity index is 561. The first-order valence-corrected chi connectivity index (χ1v) is 9.74. The van der Waals surface area contributed by atoms with E-state index in [0.717, 1.165) is 52.4 Å². The normalized spacial score (nSPS) is 24.4. The molecule has 2 aliphatic rings. The van der Waals surface area contributed by atoms with Gasteiger partial charge in [0.1, 0.15) is 0 Å². The highest BCUT2D eigenvalue weighted by Gasteiger charge is 2.34. The highest BCUT2D eigenvalue weighted by atomic mass is 15.3. The minimum absolute atomic E-state index is 0.114. The number of allylic oxidation sites excluding steroid dienone is 1. The first-order chi connectivity index (χ1) is 12.1. The fourth-order valence-electron chi connectivity index (χ4n) is 4.22. The predicted molar refractivity (Wildman–Crippen MR) is 106 cm³/mol. The largest absolute Gasteiger partial charge is 0.314 e. The molecule has 0 aromatic heterocycles. The van der Waals surface area contributed by atoms with E-state index in [9.17, 15) is 0 Å². The third-order valence-corrected chi connectivity index (χ3v) is 5.95. The molecule has 0 bridgehead atoms. The van der Waals surface area contributed by atoms with E-state index in [-0.39, 0.29) is 5.54 Å². The summed E-state index contributed by atoms with van der Waals surface area (Å²) in [4.78, 5) is 5.30. The van der Waals surface area contributed by atoms with Crippen molar-refractivity contribution in [3.8, 4) is 0 Å². The van der Waals surface area contributed by atoms with Crippen LogP contribution >= 0.6 is 0 Å². The highest BCUT2D eigenvalue weighted by molar-refractivity contribution is 5.24. The molecular formula is C21H34N4. The fourth-order valence-corrected chi connectivity index (χ4v) is 4.22. The standard InChI is InChI=1S/C21H34N4/c1-4-19(21(2,3)25-14-11-22-12-15-25)17-24-13-10-23-16-20(24)18-8-6-5-7-9-18/h4-9,20,22-23H,10-17H2,1-3H3. The van der Waals surface area contributed by atoms with Crippen molar-refractivity contribution in [1.29, 1.82) is 0 Å². The van der Waals surface area contributed by atoms with E-state index >= 15 is 0 Å². The fraction of sp³-hybridized carbons (Fsp3) is 0.619. The van der Waals surface area contributed by atoms with Crippen LogP contribution in [0.4, 0.5) is 0 Å². The SMILES string of the molecule is CC=C(CN1CCNCC1c1ccccc1)C(C)(C)N1CCNCC1. The van der Waals surface area contributed by atoms with Crippen LogP contribution in [0.15, 0.2) is 42.0 Å². The lowest BCUT2D eigenvalue weighted by Crippen LogP contribution is -2.56. The van der Waals surface area contributed by atoms with E-state index < -0.39 is 0 Å². The summed E-state index contributed by atoms with van der Waals surface area (Å²) in [6.07, 6.45) is 2.35. The molecule has 1 aromatic carbocycles. The average molecular weight is 343 g/mol. The van der Waals surface area contributed by atoms with Crippen LogP contribution in [0.3, 0.4) is 0 Å². The molecule has 0 radical (unpaired) electrons. The second kappa shape index (κ2) is 8.45. The third kappa shape index (κ3) is 4.32. The van der Waals surface area contributed by atoms with Crippen molar-refractivity contribution in [2.24, 2.45) is 0 Å². The van der Waals surface area contributed by atoms with Gasteiger partial charge in [0.05, 0.1) is 0 Å². The molecule has 1 atom stereocenters. The summed E-state index contributed by atoms with van der Waals surface area (Å²) in [6.45, 7) is 15.7. The Morgan fingerprint density at radius 1 is 1.08 bits per heavy atom. The van der Waals surface area contributed by atoms with E-state index in [1.807, 2.05) is 0 Å². The van der Waals surface area contributed by atoms with Crippen LogP contribution < -0.4 is 10.6 Å². The molecule has 4 nitrogen and oxygen atoms in total. The average Bonchev–Trinajstić information content (AvgIpc) is 2.67. The molecule has 1 aromatic rings. The number of rotatable bonds is 5. The second-order valence-electron chi connectivity index (χ2n) is 7.71. The molecule has 0 amide bonds. The van der Waals surface area contributed by atoms with E-state index in [4.69, 9.17) is 0 Å². The lowest BCUT2D eigenvalue weighted by Gasteiger charge is -2.45. The molecule has 0 aliphatic carbocycles. The van der Waals surface area contributed by atoms with Crippen LogP contribution in [-0.2, 0) is 0 Å². The summed E-state index contributed by atoms with van der Waals surface area (Å²) >= 11 is 0. The van der Waals surface area contributed by atoms with Gasteiger partial charge in [0.15, 0.2) is 0 Å². The molecule has 2 fully saturated rings. The van der Waals surface area contributed by atoms with E-state index in [1.54, 1.807) is 0 Å². The molecule has 138 valence electrons. The van der Waals surface area contributed by atoms with Gasteiger partial charge in [-0.2, -0.15) is 0 Å². The Morgan fingerprint density at radius 3 is 2.44 bits per heavy atom. The van der Waals surface area contributed by atoms with Gasteiger partial charge in [0, 0.05) is 63.9 Å². The highest BCUT2D eigenvalue weighted by Crippen LogP contribution is 2.29. The monoisotopic (exact) mass is 342 g/mol. The van der Waals surface area contributed by atoms with Crippen molar-refractivity contribution < 1.29 is 0 Å². The van der Waals surface area contributed by atoms with E-state index in [2.05, 4.69) is 77.6 Å². The first-order valence-electron chi connectivity index (χ1n) is 9.74. The maximum Gasteiger partial charge on any atom is 0.0476 e. The minimum atomic E-state index is 0.114. The molecule has 0 saturated carbocycles. The minimum Gasteiger partial charge on any atom is -0.314 e. The van der Waals surface area contributed by atoms with E-state index in [0.29, 0.717) is 6.04 Å².